The molecule has 1 heteroatoms. The quantitative estimate of drug-likeness (QED) is 0.664. The van der Waals surface area contributed by atoms with E-state index in [2.05, 4.69) is 24.7 Å². The van der Waals surface area contributed by atoms with Crippen molar-refractivity contribution < 1.29 is 0 Å². The fraction of sp³-hybridized carbons (Fsp3) is 0.917. The first kappa shape index (κ1) is 11.9. The van der Waals surface area contributed by atoms with Crippen molar-refractivity contribution in [3.8, 4) is 0 Å². The molecule has 0 aromatic rings. The summed E-state index contributed by atoms with van der Waals surface area (Å²) in [6.07, 6.45) is 7.56. The van der Waals surface area contributed by atoms with Gasteiger partial charge in [-0.25, -0.2) is 0 Å². The van der Waals surface area contributed by atoms with Crippen molar-refractivity contribution in [2.45, 2.75) is 66.2 Å². The second-order valence-electron chi connectivity index (χ2n) is 4.51. The molecule has 0 saturated heterocycles. The van der Waals surface area contributed by atoms with Crippen LogP contribution in [0.2, 0.25) is 13.3 Å². The van der Waals surface area contributed by atoms with E-state index in [0.717, 1.165) is 0 Å². The van der Waals surface area contributed by atoms with Gasteiger partial charge in [0.2, 0.25) is 0 Å². The summed E-state index contributed by atoms with van der Waals surface area (Å²) in [7, 11) is 0. The third-order valence-electron chi connectivity index (χ3n) is 4.24. The van der Waals surface area contributed by atoms with Crippen molar-refractivity contribution in [2.75, 3.05) is 0 Å². The van der Waals surface area contributed by atoms with E-state index in [9.17, 15) is 0 Å². The molecule has 1 saturated carbocycles. The fourth-order valence-corrected chi connectivity index (χ4v) is 15.6. The van der Waals surface area contributed by atoms with Crippen molar-refractivity contribution >= 4 is 18.4 Å². The molecule has 1 aliphatic carbocycles. The fourth-order valence-electron chi connectivity index (χ4n) is 3.01. The number of rotatable bonds is 4. The Morgan fingerprint density at radius 1 is 0.846 bits per heavy atom. The van der Waals surface area contributed by atoms with Crippen LogP contribution >= 0.6 is 0 Å². The molecule has 0 bridgehead atoms. The summed E-state index contributed by atoms with van der Waals surface area (Å²) in [5, 5.41) is 0. The van der Waals surface area contributed by atoms with Crippen LogP contribution in [0, 0.1) is 3.93 Å². The van der Waals surface area contributed by atoms with E-state index in [1.54, 1.807) is 13.3 Å². The van der Waals surface area contributed by atoms with Crippen LogP contribution in [0.15, 0.2) is 0 Å². The first-order valence-corrected chi connectivity index (χ1v) is 13.6. The summed E-state index contributed by atoms with van der Waals surface area (Å²) in [5.41, 5.74) is 0. The zero-order valence-corrected chi connectivity index (χ0v) is 12.5. The molecule has 0 N–H and O–H groups in total. The Morgan fingerprint density at radius 2 is 1.31 bits per heavy atom. The van der Waals surface area contributed by atoms with E-state index in [-0.39, 0.29) is 0 Å². The second kappa shape index (κ2) is 5.62. The van der Waals surface area contributed by atoms with E-state index in [0.29, 0.717) is 0 Å². The molecular formula is C12H25Sn. The third kappa shape index (κ3) is 2.64. The molecule has 0 aromatic heterocycles. The molecule has 1 radical (unpaired) electrons. The SMILES string of the molecule is C[CH2][Sn]([CH2]C)([CH2]C)[C]1CCCCC1. The molecule has 0 unspecified atom stereocenters. The molecule has 13 heavy (non-hydrogen) atoms. The first-order chi connectivity index (χ1) is 6.29. The molecule has 0 atom stereocenters. The van der Waals surface area contributed by atoms with Gasteiger partial charge in [0.05, 0.1) is 0 Å². The zero-order valence-electron chi connectivity index (χ0n) is 9.66. The van der Waals surface area contributed by atoms with E-state index in [1.807, 2.05) is 0 Å². The average Bonchev–Trinajstić information content (AvgIpc) is 2.23. The summed E-state index contributed by atoms with van der Waals surface area (Å²) in [6, 6.07) is 0. The van der Waals surface area contributed by atoms with E-state index in [1.165, 1.54) is 32.1 Å². The number of hydrogen-bond acceptors (Lipinski definition) is 0. The van der Waals surface area contributed by atoms with Crippen molar-refractivity contribution in [1.82, 2.24) is 0 Å². The van der Waals surface area contributed by atoms with Gasteiger partial charge < -0.3 is 0 Å². The molecule has 77 valence electrons. The average molecular weight is 288 g/mol. The summed E-state index contributed by atoms with van der Waals surface area (Å²) in [6.45, 7) is 7.39. The third-order valence-corrected chi connectivity index (χ3v) is 21.5. The maximum absolute atomic E-state index is 2.46. The van der Waals surface area contributed by atoms with Gasteiger partial charge in [0.1, 0.15) is 0 Å². The minimum atomic E-state index is -1.67. The Bertz CT molecular complexity index is 124. The Hall–Kier alpha value is 0.799. The van der Waals surface area contributed by atoms with Gasteiger partial charge in [-0.2, -0.15) is 0 Å². The van der Waals surface area contributed by atoms with E-state index in [4.69, 9.17) is 0 Å². The van der Waals surface area contributed by atoms with Crippen LogP contribution in [0.5, 0.6) is 0 Å². The Kier molecular flexibility index (Phi) is 5.14. The Balaban J connectivity index is 2.60. The van der Waals surface area contributed by atoms with Crippen LogP contribution < -0.4 is 0 Å². The molecule has 0 spiro atoms. The molecular weight excluding hydrogens is 263 g/mol. The van der Waals surface area contributed by atoms with Gasteiger partial charge in [0, 0.05) is 0 Å². The standard InChI is InChI=1S/C6H10.3C2H5.Sn/c1-2-4-6-5-3-1;3*1-2;/h1-5H2;3*1H2,2H3;. The molecule has 0 aromatic carbocycles. The van der Waals surface area contributed by atoms with Crippen LogP contribution in [-0.2, 0) is 0 Å². The molecule has 0 nitrogen and oxygen atoms in total. The number of hydrogen-bond donors (Lipinski definition) is 0. The van der Waals surface area contributed by atoms with E-state index < -0.39 is 18.4 Å². The summed E-state index contributed by atoms with van der Waals surface area (Å²) >= 11 is -1.67. The Labute approximate surface area is 88.4 Å². The molecule has 0 amide bonds. The van der Waals surface area contributed by atoms with Gasteiger partial charge in [-0.05, 0) is 0 Å². The second-order valence-corrected chi connectivity index (χ2v) is 19.9. The van der Waals surface area contributed by atoms with Gasteiger partial charge in [-0.1, -0.05) is 0 Å². The predicted octanol–water partition coefficient (Wildman–Crippen LogP) is 4.57. The maximum atomic E-state index is 2.46. The van der Waals surface area contributed by atoms with Crippen molar-refractivity contribution in [3.63, 3.8) is 0 Å². The topological polar surface area (TPSA) is 0 Å². The minimum absolute atomic E-state index is 1.50. The van der Waals surface area contributed by atoms with Gasteiger partial charge in [-0.15, -0.1) is 0 Å². The normalized spacial score (nSPS) is 20.5. The van der Waals surface area contributed by atoms with Gasteiger partial charge in [0.15, 0.2) is 0 Å². The molecule has 0 heterocycles. The van der Waals surface area contributed by atoms with Crippen LogP contribution in [0.4, 0.5) is 0 Å². The molecule has 1 rings (SSSR count). The van der Waals surface area contributed by atoms with Crippen LogP contribution in [0.1, 0.15) is 52.9 Å². The molecule has 0 aliphatic heterocycles. The summed E-state index contributed by atoms with van der Waals surface area (Å²) in [4.78, 5) is 0. The molecule has 1 aliphatic rings. The Morgan fingerprint density at radius 3 is 1.69 bits per heavy atom. The monoisotopic (exact) mass is 289 g/mol. The van der Waals surface area contributed by atoms with Crippen molar-refractivity contribution in [2.24, 2.45) is 0 Å². The van der Waals surface area contributed by atoms with Crippen molar-refractivity contribution in [1.29, 1.82) is 0 Å². The molecule has 1 fully saturated rings. The summed E-state index contributed by atoms with van der Waals surface area (Å²) < 4.78 is 6.80. The predicted molar refractivity (Wildman–Crippen MR) is 63.5 cm³/mol. The summed E-state index contributed by atoms with van der Waals surface area (Å²) in [5.74, 6) is 0. The zero-order chi connectivity index (χ0) is 9.73. The van der Waals surface area contributed by atoms with Gasteiger partial charge in [0.25, 0.3) is 0 Å². The van der Waals surface area contributed by atoms with Crippen LogP contribution in [0.25, 0.3) is 0 Å². The van der Waals surface area contributed by atoms with Crippen LogP contribution in [0.3, 0.4) is 0 Å². The van der Waals surface area contributed by atoms with E-state index >= 15 is 0 Å². The van der Waals surface area contributed by atoms with Gasteiger partial charge >= 0.3 is 88.5 Å². The van der Waals surface area contributed by atoms with Crippen molar-refractivity contribution in [3.05, 3.63) is 3.93 Å². The van der Waals surface area contributed by atoms with Crippen LogP contribution in [-0.4, -0.2) is 18.4 Å². The first-order valence-electron chi connectivity index (χ1n) is 6.14. The van der Waals surface area contributed by atoms with Gasteiger partial charge in [-0.3, -0.25) is 0 Å².